The zero-order valence-corrected chi connectivity index (χ0v) is 8.30. The van der Waals surface area contributed by atoms with Gasteiger partial charge in [0.2, 0.25) is 5.91 Å². The van der Waals surface area contributed by atoms with E-state index < -0.39 is 0 Å². The zero-order chi connectivity index (χ0) is 9.52. The first-order valence-electron chi connectivity index (χ1n) is 4.13. The number of carbonyl (C=O) groups excluding carboxylic acids is 1. The molecule has 0 fully saturated rings. The van der Waals surface area contributed by atoms with E-state index in [2.05, 4.69) is 10.3 Å². The highest BCUT2D eigenvalue weighted by atomic mass is 32.2. The van der Waals surface area contributed by atoms with Gasteiger partial charge in [-0.2, -0.15) is 0 Å². The maximum atomic E-state index is 11.1. The first-order chi connectivity index (χ1) is 6.33. The molecule has 1 amide bonds. The van der Waals surface area contributed by atoms with Crippen molar-refractivity contribution in [3.63, 3.8) is 0 Å². The third kappa shape index (κ3) is 3.94. The fourth-order valence-corrected chi connectivity index (χ4v) is 1.51. The fourth-order valence-electron chi connectivity index (χ4n) is 0.820. The van der Waals surface area contributed by atoms with Gasteiger partial charge in [0, 0.05) is 12.7 Å². The molecule has 3 nitrogen and oxygen atoms in total. The summed E-state index contributed by atoms with van der Waals surface area (Å²) in [6, 6.07) is 5.66. The quantitative estimate of drug-likeness (QED) is 0.738. The number of amides is 1. The monoisotopic (exact) mass is 196 g/mol. The van der Waals surface area contributed by atoms with Crippen LogP contribution in [0.25, 0.3) is 0 Å². The molecular weight excluding hydrogens is 184 g/mol. The minimum absolute atomic E-state index is 0.0538. The summed E-state index contributed by atoms with van der Waals surface area (Å²) in [5.41, 5.74) is 0. The molecule has 1 N–H and O–H groups in total. The molecule has 0 unspecified atom stereocenters. The van der Waals surface area contributed by atoms with E-state index in [1.165, 1.54) is 11.8 Å². The van der Waals surface area contributed by atoms with Gasteiger partial charge in [0.1, 0.15) is 0 Å². The normalized spacial score (nSPS) is 9.62. The smallest absolute Gasteiger partial charge is 0.230 e. The largest absolute Gasteiger partial charge is 0.356 e. The number of pyridine rings is 1. The van der Waals surface area contributed by atoms with E-state index in [0.29, 0.717) is 12.3 Å². The number of rotatable bonds is 4. The van der Waals surface area contributed by atoms with Gasteiger partial charge in [-0.15, -0.1) is 0 Å². The first kappa shape index (κ1) is 10.1. The zero-order valence-electron chi connectivity index (χ0n) is 7.49. The molecule has 70 valence electrons. The van der Waals surface area contributed by atoms with Crippen molar-refractivity contribution in [2.45, 2.75) is 11.9 Å². The van der Waals surface area contributed by atoms with Gasteiger partial charge in [-0.1, -0.05) is 17.8 Å². The lowest BCUT2D eigenvalue weighted by Crippen LogP contribution is -2.24. The van der Waals surface area contributed by atoms with Crippen LogP contribution in [-0.2, 0) is 4.79 Å². The summed E-state index contributed by atoms with van der Waals surface area (Å²) in [5.74, 6) is 0.489. The summed E-state index contributed by atoms with van der Waals surface area (Å²) in [6.07, 6.45) is 1.72. The standard InChI is InChI=1S/C9H12N2OS/c1-2-10-8(12)7-13-9-5-3-4-6-11-9/h3-6H,2,7H2,1H3,(H,10,12). The Morgan fingerprint density at radius 2 is 2.46 bits per heavy atom. The molecule has 4 heteroatoms. The van der Waals surface area contributed by atoms with Crippen molar-refractivity contribution in [1.82, 2.24) is 10.3 Å². The molecule has 0 spiro atoms. The number of hydrogen-bond acceptors (Lipinski definition) is 3. The Bertz CT molecular complexity index is 264. The molecule has 0 aliphatic heterocycles. The van der Waals surface area contributed by atoms with Crippen LogP contribution in [0.1, 0.15) is 6.92 Å². The number of carbonyl (C=O) groups is 1. The van der Waals surface area contributed by atoms with Crippen molar-refractivity contribution < 1.29 is 4.79 Å². The topological polar surface area (TPSA) is 42.0 Å². The molecule has 0 saturated carbocycles. The molecule has 0 aliphatic carbocycles. The second-order valence-corrected chi connectivity index (χ2v) is 3.41. The Morgan fingerprint density at radius 1 is 1.62 bits per heavy atom. The van der Waals surface area contributed by atoms with Crippen LogP contribution >= 0.6 is 11.8 Å². The van der Waals surface area contributed by atoms with E-state index in [1.807, 2.05) is 25.1 Å². The van der Waals surface area contributed by atoms with Crippen molar-refractivity contribution in [3.05, 3.63) is 24.4 Å². The van der Waals surface area contributed by atoms with Crippen molar-refractivity contribution in [2.24, 2.45) is 0 Å². The van der Waals surface area contributed by atoms with Crippen LogP contribution in [0.2, 0.25) is 0 Å². The maximum absolute atomic E-state index is 11.1. The Labute approximate surface area is 81.9 Å². The Kier molecular flexibility index (Phi) is 4.32. The van der Waals surface area contributed by atoms with Crippen LogP contribution in [0.4, 0.5) is 0 Å². The molecule has 0 bridgehead atoms. The lowest BCUT2D eigenvalue weighted by atomic mass is 10.5. The Hall–Kier alpha value is -1.03. The van der Waals surface area contributed by atoms with Crippen LogP contribution in [0, 0.1) is 0 Å². The fraction of sp³-hybridized carbons (Fsp3) is 0.333. The Balaban J connectivity index is 2.31. The number of thioether (sulfide) groups is 1. The highest BCUT2D eigenvalue weighted by Gasteiger charge is 2.00. The summed E-state index contributed by atoms with van der Waals surface area (Å²) in [7, 11) is 0. The van der Waals surface area contributed by atoms with Gasteiger partial charge in [0.05, 0.1) is 10.8 Å². The summed E-state index contributed by atoms with van der Waals surface area (Å²) in [6.45, 7) is 2.59. The van der Waals surface area contributed by atoms with Crippen molar-refractivity contribution in [1.29, 1.82) is 0 Å². The third-order valence-electron chi connectivity index (χ3n) is 1.36. The second kappa shape index (κ2) is 5.59. The molecule has 13 heavy (non-hydrogen) atoms. The minimum atomic E-state index is 0.0538. The van der Waals surface area contributed by atoms with Crippen LogP contribution in [0.15, 0.2) is 29.4 Å². The lowest BCUT2D eigenvalue weighted by molar-refractivity contribution is -0.118. The van der Waals surface area contributed by atoms with Crippen LogP contribution in [0.3, 0.4) is 0 Å². The molecule has 1 rings (SSSR count). The van der Waals surface area contributed by atoms with E-state index in [4.69, 9.17) is 0 Å². The SMILES string of the molecule is CCNC(=O)CSc1ccccn1. The van der Waals surface area contributed by atoms with Gasteiger partial charge in [-0.25, -0.2) is 4.98 Å². The average Bonchev–Trinajstić information content (AvgIpc) is 2.17. The van der Waals surface area contributed by atoms with E-state index in [1.54, 1.807) is 6.20 Å². The number of nitrogens with one attached hydrogen (secondary N) is 1. The molecule has 0 atom stereocenters. The lowest BCUT2D eigenvalue weighted by Gasteiger charge is -2.00. The van der Waals surface area contributed by atoms with Gasteiger partial charge in [-0.05, 0) is 19.1 Å². The molecule has 1 heterocycles. The molecule has 0 aromatic carbocycles. The predicted molar refractivity (Wildman–Crippen MR) is 53.6 cm³/mol. The van der Waals surface area contributed by atoms with Crippen molar-refractivity contribution in [2.75, 3.05) is 12.3 Å². The van der Waals surface area contributed by atoms with Gasteiger partial charge >= 0.3 is 0 Å². The first-order valence-corrected chi connectivity index (χ1v) is 5.12. The molecule has 0 saturated heterocycles. The second-order valence-electron chi connectivity index (χ2n) is 2.41. The number of nitrogens with zero attached hydrogens (tertiary/aromatic N) is 1. The molecule has 0 radical (unpaired) electrons. The molecular formula is C9H12N2OS. The van der Waals surface area contributed by atoms with Crippen molar-refractivity contribution >= 4 is 17.7 Å². The summed E-state index contributed by atoms with van der Waals surface area (Å²) >= 11 is 1.45. The van der Waals surface area contributed by atoms with E-state index in [0.717, 1.165) is 5.03 Å². The number of aromatic nitrogens is 1. The van der Waals surface area contributed by atoms with E-state index >= 15 is 0 Å². The van der Waals surface area contributed by atoms with Crippen LogP contribution in [-0.4, -0.2) is 23.2 Å². The van der Waals surface area contributed by atoms with Crippen molar-refractivity contribution in [3.8, 4) is 0 Å². The molecule has 1 aromatic rings. The summed E-state index contributed by atoms with van der Waals surface area (Å²) in [4.78, 5) is 15.2. The molecule has 0 aliphatic rings. The highest BCUT2D eigenvalue weighted by molar-refractivity contribution is 7.99. The van der Waals surface area contributed by atoms with Gasteiger partial charge in [0.25, 0.3) is 0 Å². The van der Waals surface area contributed by atoms with E-state index in [9.17, 15) is 4.79 Å². The van der Waals surface area contributed by atoms with Gasteiger partial charge < -0.3 is 5.32 Å². The summed E-state index contributed by atoms with van der Waals surface area (Å²) < 4.78 is 0. The third-order valence-corrected chi connectivity index (χ3v) is 2.31. The minimum Gasteiger partial charge on any atom is -0.356 e. The predicted octanol–water partition coefficient (Wildman–Crippen LogP) is 1.31. The number of hydrogen-bond donors (Lipinski definition) is 1. The van der Waals surface area contributed by atoms with Crippen LogP contribution in [0.5, 0.6) is 0 Å². The van der Waals surface area contributed by atoms with Crippen LogP contribution < -0.4 is 5.32 Å². The molecule has 1 aromatic heterocycles. The summed E-state index contributed by atoms with van der Waals surface area (Å²) in [5, 5.41) is 3.61. The van der Waals surface area contributed by atoms with Gasteiger partial charge in [-0.3, -0.25) is 4.79 Å². The highest BCUT2D eigenvalue weighted by Crippen LogP contribution is 2.12. The van der Waals surface area contributed by atoms with E-state index in [-0.39, 0.29) is 5.91 Å². The maximum Gasteiger partial charge on any atom is 0.230 e. The van der Waals surface area contributed by atoms with Gasteiger partial charge in [0.15, 0.2) is 0 Å². The average molecular weight is 196 g/mol. The Morgan fingerprint density at radius 3 is 3.08 bits per heavy atom.